The van der Waals surface area contributed by atoms with Crippen LogP contribution in [0.1, 0.15) is 12.5 Å². The van der Waals surface area contributed by atoms with Gasteiger partial charge in [-0.25, -0.2) is 0 Å². The lowest BCUT2D eigenvalue weighted by Crippen LogP contribution is -1.90. The Labute approximate surface area is 80.4 Å². The van der Waals surface area contributed by atoms with E-state index in [1.807, 2.05) is 0 Å². The van der Waals surface area contributed by atoms with Gasteiger partial charge in [0.25, 0.3) is 0 Å². The van der Waals surface area contributed by atoms with Gasteiger partial charge in [0.2, 0.25) is 0 Å². The number of hydrogen-bond acceptors (Lipinski definition) is 0. The summed E-state index contributed by atoms with van der Waals surface area (Å²) >= 11 is 0. The van der Waals surface area contributed by atoms with Crippen LogP contribution in [-0.2, 0) is 0 Å². The predicted octanol–water partition coefficient (Wildman–Crippen LogP) is 3.52. The molecule has 1 heteroatoms. The second-order valence-electron chi connectivity index (χ2n) is 3.15. The average Bonchev–Trinajstić information content (AvgIpc) is 2.17. The zero-order chi connectivity index (χ0) is 9.26. The van der Waals surface area contributed by atoms with Gasteiger partial charge in [-0.3, -0.25) is 0 Å². The number of hydrogen-bond donors (Lipinski definition) is 0. The molecule has 0 aliphatic heterocycles. The van der Waals surface area contributed by atoms with E-state index in [9.17, 15) is 0 Å². The van der Waals surface area contributed by atoms with Gasteiger partial charge in [-0.2, -0.15) is 0 Å². The van der Waals surface area contributed by atoms with Crippen molar-refractivity contribution >= 4 is 24.9 Å². The number of rotatable bonds is 1. The van der Waals surface area contributed by atoms with E-state index in [1.165, 1.54) is 21.6 Å². The standard InChI is InChI=1S/C12H11P/c1-9(13)11-8-4-6-10-5-2-3-7-12(10)11/h2-8,13H,1H3. The summed E-state index contributed by atoms with van der Waals surface area (Å²) in [6.45, 7) is 2.07. The molecule has 0 amide bonds. The summed E-state index contributed by atoms with van der Waals surface area (Å²) in [6.07, 6.45) is 0. The van der Waals surface area contributed by atoms with Gasteiger partial charge in [0.1, 0.15) is 0 Å². The van der Waals surface area contributed by atoms with Crippen molar-refractivity contribution in [3.63, 3.8) is 0 Å². The molecule has 0 saturated carbocycles. The molecule has 64 valence electrons. The quantitative estimate of drug-likeness (QED) is 0.598. The fraction of sp³-hybridized carbons (Fsp3) is 0.0833. The molecule has 0 bridgehead atoms. The van der Waals surface area contributed by atoms with Crippen molar-refractivity contribution in [2.24, 2.45) is 0 Å². The molecule has 0 atom stereocenters. The van der Waals surface area contributed by atoms with Gasteiger partial charge >= 0.3 is 0 Å². The summed E-state index contributed by atoms with van der Waals surface area (Å²) in [7, 11) is 3.57. The van der Waals surface area contributed by atoms with Crippen LogP contribution in [0.2, 0.25) is 0 Å². The minimum Gasteiger partial charge on any atom is -0.118 e. The Morgan fingerprint density at radius 1 is 1.00 bits per heavy atom. The van der Waals surface area contributed by atoms with Gasteiger partial charge in [-0.1, -0.05) is 42.5 Å². The summed E-state index contributed by atoms with van der Waals surface area (Å²) in [4.78, 5) is 0. The third kappa shape index (κ3) is 1.50. The van der Waals surface area contributed by atoms with Crippen molar-refractivity contribution in [2.75, 3.05) is 0 Å². The lowest BCUT2D eigenvalue weighted by atomic mass is 10.0. The Morgan fingerprint density at radius 2 is 1.69 bits per heavy atom. The van der Waals surface area contributed by atoms with Crippen molar-refractivity contribution in [1.82, 2.24) is 0 Å². The van der Waals surface area contributed by atoms with Crippen molar-refractivity contribution in [1.29, 1.82) is 0 Å². The second kappa shape index (κ2) is 3.32. The van der Waals surface area contributed by atoms with Gasteiger partial charge in [0.15, 0.2) is 0 Å². The zero-order valence-corrected chi connectivity index (χ0v) is 8.54. The molecule has 2 rings (SSSR count). The highest BCUT2D eigenvalue weighted by molar-refractivity contribution is 7.22. The highest BCUT2D eigenvalue weighted by Gasteiger charge is 1.99. The normalized spacial score (nSPS) is 10.2. The smallest absolute Gasteiger partial charge is 0.0105 e. The van der Waals surface area contributed by atoms with Crippen LogP contribution in [0.4, 0.5) is 0 Å². The second-order valence-corrected chi connectivity index (χ2v) is 3.90. The van der Waals surface area contributed by atoms with E-state index in [-0.39, 0.29) is 0 Å². The third-order valence-corrected chi connectivity index (χ3v) is 2.46. The molecule has 0 aliphatic rings. The lowest BCUT2D eigenvalue weighted by molar-refractivity contribution is 1.70. The van der Waals surface area contributed by atoms with E-state index in [1.54, 1.807) is 0 Å². The maximum absolute atomic E-state index is 3.57. The molecule has 0 saturated heterocycles. The van der Waals surface area contributed by atoms with Gasteiger partial charge in [0.05, 0.1) is 0 Å². The lowest BCUT2D eigenvalue weighted by Gasteiger charge is -2.04. The maximum Gasteiger partial charge on any atom is -0.0105 e. The Kier molecular flexibility index (Phi) is 2.16. The van der Waals surface area contributed by atoms with E-state index in [4.69, 9.17) is 0 Å². The molecule has 0 heterocycles. The van der Waals surface area contributed by atoms with Gasteiger partial charge < -0.3 is 0 Å². The first-order valence-corrected chi connectivity index (χ1v) is 4.82. The van der Waals surface area contributed by atoms with Crippen molar-refractivity contribution < 1.29 is 0 Å². The molecule has 2 aromatic rings. The van der Waals surface area contributed by atoms with Crippen molar-refractivity contribution in [3.8, 4) is 0 Å². The van der Waals surface area contributed by atoms with Crippen LogP contribution in [0.25, 0.3) is 10.8 Å². The summed E-state index contributed by atoms with van der Waals surface area (Å²) in [5.41, 5.74) is 1.27. The largest absolute Gasteiger partial charge is 0.118 e. The monoisotopic (exact) mass is 186 g/mol. The van der Waals surface area contributed by atoms with Crippen LogP contribution in [-0.4, -0.2) is 5.29 Å². The summed E-state index contributed by atoms with van der Waals surface area (Å²) < 4.78 is 0. The average molecular weight is 186 g/mol. The molecule has 0 unspecified atom stereocenters. The third-order valence-electron chi connectivity index (χ3n) is 2.19. The minimum atomic E-state index is 1.18. The van der Waals surface area contributed by atoms with Gasteiger partial charge in [-0.15, -0.1) is 8.86 Å². The fourth-order valence-electron chi connectivity index (χ4n) is 1.55. The van der Waals surface area contributed by atoms with Crippen LogP contribution in [0.3, 0.4) is 0 Å². The van der Waals surface area contributed by atoms with Crippen LogP contribution in [0.15, 0.2) is 42.5 Å². The Balaban J connectivity index is 2.83. The maximum atomic E-state index is 3.57. The molecule has 2 aromatic carbocycles. The van der Waals surface area contributed by atoms with Crippen molar-refractivity contribution in [2.45, 2.75) is 6.92 Å². The van der Waals surface area contributed by atoms with E-state index in [2.05, 4.69) is 58.3 Å². The molecule has 0 N–H and O–H groups in total. The number of benzene rings is 2. The highest BCUT2D eigenvalue weighted by atomic mass is 31.0. The molecular formula is C12H11P. The Hall–Kier alpha value is -1.13. The number of fused-ring (bicyclic) bond motifs is 1. The van der Waals surface area contributed by atoms with E-state index in [0.29, 0.717) is 0 Å². The van der Waals surface area contributed by atoms with Gasteiger partial charge in [-0.05, 0) is 28.6 Å². The molecule has 0 nitrogen and oxygen atoms in total. The van der Waals surface area contributed by atoms with Crippen molar-refractivity contribution in [3.05, 3.63) is 48.0 Å². The van der Waals surface area contributed by atoms with E-state index in [0.717, 1.165) is 0 Å². The summed E-state index contributed by atoms with van der Waals surface area (Å²) in [5.74, 6) is 0. The SMILES string of the molecule is CC(=P)c1cccc2ccccc12. The topological polar surface area (TPSA) is 0 Å². The van der Waals surface area contributed by atoms with Crippen LogP contribution < -0.4 is 0 Å². The Bertz CT molecular complexity index is 452. The fourth-order valence-corrected chi connectivity index (χ4v) is 1.77. The Morgan fingerprint density at radius 3 is 2.46 bits per heavy atom. The first-order valence-electron chi connectivity index (χ1n) is 4.32. The molecule has 0 aromatic heterocycles. The molecule has 0 aliphatic carbocycles. The van der Waals surface area contributed by atoms with E-state index >= 15 is 0 Å². The summed E-state index contributed by atoms with van der Waals surface area (Å²) in [5, 5.41) is 3.77. The summed E-state index contributed by atoms with van der Waals surface area (Å²) in [6, 6.07) is 14.8. The van der Waals surface area contributed by atoms with Gasteiger partial charge in [0, 0.05) is 0 Å². The first kappa shape index (κ1) is 8.47. The van der Waals surface area contributed by atoms with Crippen LogP contribution >= 0.6 is 8.86 Å². The molecule has 13 heavy (non-hydrogen) atoms. The minimum absolute atomic E-state index is 1.18. The molecule has 0 spiro atoms. The molecule has 0 fully saturated rings. The van der Waals surface area contributed by atoms with E-state index < -0.39 is 0 Å². The highest BCUT2D eigenvalue weighted by Crippen LogP contribution is 2.19. The molecule has 0 radical (unpaired) electrons. The zero-order valence-electron chi connectivity index (χ0n) is 7.54. The van der Waals surface area contributed by atoms with Crippen LogP contribution in [0, 0.1) is 0 Å². The molecular weight excluding hydrogens is 175 g/mol. The van der Waals surface area contributed by atoms with Crippen LogP contribution in [0.5, 0.6) is 0 Å². The predicted molar refractivity (Wildman–Crippen MR) is 62.0 cm³/mol. The first-order chi connectivity index (χ1) is 6.29.